The third-order valence-corrected chi connectivity index (χ3v) is 5.59. The third-order valence-electron chi connectivity index (χ3n) is 5.59. The molecule has 0 bridgehead atoms. The number of carbonyl (C=O) groups is 1. The molecule has 1 saturated heterocycles. The van der Waals surface area contributed by atoms with Crippen LogP contribution in [0.5, 0.6) is 0 Å². The summed E-state index contributed by atoms with van der Waals surface area (Å²) in [6, 6.07) is 5.57. The zero-order valence-corrected chi connectivity index (χ0v) is 15.6. The summed E-state index contributed by atoms with van der Waals surface area (Å²) < 4.78 is 38.6. The molecule has 1 aliphatic carbocycles. The number of rotatable bonds is 7. The van der Waals surface area contributed by atoms with Gasteiger partial charge in [-0.3, -0.25) is 9.69 Å². The molecule has 1 N–H and O–H groups in total. The van der Waals surface area contributed by atoms with Gasteiger partial charge in [0.05, 0.1) is 5.56 Å². The smallest absolute Gasteiger partial charge is 0.369 e. The van der Waals surface area contributed by atoms with Crippen LogP contribution in [0.2, 0.25) is 0 Å². The molecule has 4 nitrogen and oxygen atoms in total. The predicted octanol–water partition coefficient (Wildman–Crippen LogP) is 3.52. The Morgan fingerprint density at radius 3 is 2.48 bits per heavy atom. The van der Waals surface area contributed by atoms with Crippen molar-refractivity contribution in [3.8, 4) is 0 Å². The van der Waals surface area contributed by atoms with Crippen molar-refractivity contribution < 1.29 is 18.0 Å². The molecule has 1 aromatic rings. The Bertz CT molecular complexity index is 623. The molecule has 1 amide bonds. The van der Waals surface area contributed by atoms with Crippen LogP contribution in [0, 0.1) is 5.92 Å². The van der Waals surface area contributed by atoms with E-state index in [2.05, 4.69) is 10.2 Å². The Hall–Kier alpha value is -1.76. The number of alkyl halides is 3. The number of nitrogens with zero attached hydrogens (tertiary/aromatic N) is 2. The van der Waals surface area contributed by atoms with Crippen LogP contribution >= 0.6 is 0 Å². The second-order valence-electron chi connectivity index (χ2n) is 7.50. The van der Waals surface area contributed by atoms with Gasteiger partial charge in [0.1, 0.15) is 0 Å². The summed E-state index contributed by atoms with van der Waals surface area (Å²) in [6.07, 6.45) is 0.918. The minimum Gasteiger partial charge on any atom is -0.369 e. The van der Waals surface area contributed by atoms with Gasteiger partial charge in [0.15, 0.2) is 0 Å². The second-order valence-corrected chi connectivity index (χ2v) is 7.50. The lowest BCUT2D eigenvalue weighted by molar-refractivity contribution is -0.137. The molecular formula is C20H28F3N3O. The van der Waals surface area contributed by atoms with Gasteiger partial charge in [-0.25, -0.2) is 0 Å². The average molecular weight is 383 g/mol. The number of hydrogen-bond donors (Lipinski definition) is 1. The van der Waals surface area contributed by atoms with E-state index in [1.807, 2.05) is 4.90 Å². The molecule has 0 aromatic heterocycles. The summed E-state index contributed by atoms with van der Waals surface area (Å²) in [4.78, 5) is 16.1. The highest BCUT2D eigenvalue weighted by molar-refractivity contribution is 5.79. The van der Waals surface area contributed by atoms with Crippen LogP contribution in [0.25, 0.3) is 0 Å². The Morgan fingerprint density at radius 1 is 1.11 bits per heavy atom. The topological polar surface area (TPSA) is 35.6 Å². The van der Waals surface area contributed by atoms with Crippen LogP contribution in [-0.2, 0) is 11.0 Å². The molecule has 0 radical (unpaired) electrons. The number of anilines is 1. The van der Waals surface area contributed by atoms with Gasteiger partial charge in [-0.15, -0.1) is 0 Å². The highest BCUT2D eigenvalue weighted by Gasteiger charge is 2.31. The summed E-state index contributed by atoms with van der Waals surface area (Å²) in [5, 5.41) is 3.01. The molecular weight excluding hydrogens is 355 g/mol. The van der Waals surface area contributed by atoms with E-state index in [-0.39, 0.29) is 11.8 Å². The number of halogens is 3. The molecule has 1 aliphatic heterocycles. The van der Waals surface area contributed by atoms with Crippen molar-refractivity contribution in [3.05, 3.63) is 29.8 Å². The highest BCUT2D eigenvalue weighted by Crippen LogP contribution is 2.32. The molecule has 27 heavy (non-hydrogen) atoms. The van der Waals surface area contributed by atoms with Crippen molar-refractivity contribution >= 4 is 11.6 Å². The molecule has 7 heteroatoms. The van der Waals surface area contributed by atoms with E-state index in [4.69, 9.17) is 0 Å². The Kier molecular flexibility index (Phi) is 6.63. The lowest BCUT2D eigenvalue weighted by Crippen LogP contribution is -2.46. The van der Waals surface area contributed by atoms with E-state index in [9.17, 15) is 18.0 Å². The lowest BCUT2D eigenvalue weighted by atomic mass is 9.85. The maximum atomic E-state index is 12.9. The number of benzene rings is 1. The van der Waals surface area contributed by atoms with Crippen LogP contribution in [0.3, 0.4) is 0 Å². The first-order chi connectivity index (χ1) is 12.9. The lowest BCUT2D eigenvalue weighted by Gasteiger charge is -2.36. The molecule has 2 aliphatic rings. The van der Waals surface area contributed by atoms with Crippen LogP contribution < -0.4 is 10.2 Å². The van der Waals surface area contributed by atoms with Gasteiger partial charge in [0.2, 0.25) is 5.91 Å². The molecule has 0 atom stereocenters. The van der Waals surface area contributed by atoms with E-state index in [0.29, 0.717) is 5.69 Å². The predicted molar refractivity (Wildman–Crippen MR) is 99.7 cm³/mol. The van der Waals surface area contributed by atoms with Crippen LogP contribution in [0.15, 0.2) is 24.3 Å². The van der Waals surface area contributed by atoms with Crippen LogP contribution in [0.4, 0.5) is 18.9 Å². The molecule has 2 fully saturated rings. The molecule has 1 saturated carbocycles. The molecule has 3 rings (SSSR count). The van der Waals surface area contributed by atoms with Gasteiger partial charge in [0.25, 0.3) is 0 Å². The summed E-state index contributed by atoms with van der Waals surface area (Å²) in [7, 11) is 0. The van der Waals surface area contributed by atoms with Crippen molar-refractivity contribution in [2.45, 2.75) is 38.3 Å². The number of carbonyl (C=O) groups excluding carboxylic acids is 1. The van der Waals surface area contributed by atoms with Gasteiger partial charge in [0, 0.05) is 44.3 Å². The minimum absolute atomic E-state index is 0.205. The average Bonchev–Trinajstić information content (AvgIpc) is 2.60. The Labute approximate surface area is 158 Å². The summed E-state index contributed by atoms with van der Waals surface area (Å²) in [6.45, 7) is 4.88. The minimum atomic E-state index is -4.30. The molecule has 0 unspecified atom stereocenters. The fourth-order valence-electron chi connectivity index (χ4n) is 3.60. The number of nitrogens with one attached hydrogen (secondary N) is 1. The zero-order chi connectivity index (χ0) is 19.3. The van der Waals surface area contributed by atoms with Crippen molar-refractivity contribution in [2.75, 3.05) is 44.2 Å². The standard InChI is InChI=1S/C20H28F3N3O/c21-20(22,23)17-7-4-8-18(15-17)26-13-11-25(12-14-26)10-2-1-9-24-19(27)16-5-3-6-16/h4,7-8,15-16H,1-3,5-6,9-14H2,(H,24,27). The van der Waals surface area contributed by atoms with Crippen molar-refractivity contribution in [3.63, 3.8) is 0 Å². The molecule has 1 aromatic carbocycles. The largest absolute Gasteiger partial charge is 0.416 e. The normalized spacial score (nSPS) is 19.0. The quantitative estimate of drug-likeness (QED) is 0.732. The van der Waals surface area contributed by atoms with Gasteiger partial charge in [-0.1, -0.05) is 12.5 Å². The number of unbranched alkanes of at least 4 members (excludes halogenated alkanes) is 1. The molecule has 1 heterocycles. The maximum Gasteiger partial charge on any atom is 0.416 e. The fourth-order valence-corrected chi connectivity index (χ4v) is 3.60. The Balaban J connectivity index is 1.34. The van der Waals surface area contributed by atoms with E-state index >= 15 is 0 Å². The van der Waals surface area contributed by atoms with E-state index in [0.717, 1.165) is 71.0 Å². The maximum absolute atomic E-state index is 12.9. The highest BCUT2D eigenvalue weighted by atomic mass is 19.4. The van der Waals surface area contributed by atoms with Gasteiger partial charge in [-0.2, -0.15) is 13.2 Å². The van der Waals surface area contributed by atoms with Crippen molar-refractivity contribution in [1.29, 1.82) is 0 Å². The van der Waals surface area contributed by atoms with Gasteiger partial charge < -0.3 is 10.2 Å². The fraction of sp³-hybridized carbons (Fsp3) is 0.650. The van der Waals surface area contributed by atoms with E-state index < -0.39 is 11.7 Å². The Morgan fingerprint density at radius 2 is 1.85 bits per heavy atom. The first-order valence-electron chi connectivity index (χ1n) is 9.86. The summed E-state index contributed by atoms with van der Waals surface area (Å²) in [5.41, 5.74) is 0.0505. The van der Waals surface area contributed by atoms with Crippen molar-refractivity contribution in [2.24, 2.45) is 5.92 Å². The first kappa shape index (κ1) is 20.0. The number of hydrogen-bond acceptors (Lipinski definition) is 3. The van der Waals surface area contributed by atoms with E-state index in [1.54, 1.807) is 6.07 Å². The summed E-state index contributed by atoms with van der Waals surface area (Å²) >= 11 is 0. The second kappa shape index (κ2) is 8.95. The SMILES string of the molecule is O=C(NCCCCN1CCN(c2cccc(C(F)(F)F)c2)CC1)C1CCC1. The summed E-state index contributed by atoms with van der Waals surface area (Å²) in [5.74, 6) is 0.449. The van der Waals surface area contributed by atoms with Crippen LogP contribution in [-0.4, -0.2) is 50.1 Å². The molecule has 150 valence electrons. The van der Waals surface area contributed by atoms with Gasteiger partial charge in [-0.05, 0) is 50.4 Å². The number of piperazine rings is 1. The first-order valence-corrected chi connectivity index (χ1v) is 9.86. The van der Waals surface area contributed by atoms with Gasteiger partial charge >= 0.3 is 6.18 Å². The molecule has 0 spiro atoms. The monoisotopic (exact) mass is 383 g/mol. The van der Waals surface area contributed by atoms with Crippen LogP contribution in [0.1, 0.15) is 37.7 Å². The zero-order valence-electron chi connectivity index (χ0n) is 15.6. The number of amides is 1. The third kappa shape index (κ3) is 5.61. The van der Waals surface area contributed by atoms with E-state index in [1.165, 1.54) is 18.6 Å². The van der Waals surface area contributed by atoms with Crippen molar-refractivity contribution in [1.82, 2.24) is 10.2 Å².